The average molecular weight is 267 g/mol. The average Bonchev–Trinajstić information content (AvgIpc) is 2.36. The van der Waals surface area contributed by atoms with Crippen LogP contribution in [0.3, 0.4) is 0 Å². The van der Waals surface area contributed by atoms with E-state index in [1.165, 1.54) is 5.56 Å². The van der Waals surface area contributed by atoms with Gasteiger partial charge in [-0.05, 0) is 38.1 Å². The summed E-state index contributed by atoms with van der Waals surface area (Å²) in [4.78, 5) is 2.21. The summed E-state index contributed by atoms with van der Waals surface area (Å²) in [7, 11) is 0. The van der Waals surface area contributed by atoms with Crippen molar-refractivity contribution in [2.45, 2.75) is 26.8 Å². The van der Waals surface area contributed by atoms with E-state index in [0.717, 1.165) is 30.3 Å². The van der Waals surface area contributed by atoms with Crippen molar-refractivity contribution < 1.29 is 0 Å². The summed E-state index contributed by atoms with van der Waals surface area (Å²) in [5, 5.41) is 4.19. The lowest BCUT2D eigenvalue weighted by atomic mass is 10.1. The van der Waals surface area contributed by atoms with Crippen molar-refractivity contribution in [2.24, 2.45) is 0 Å². The van der Waals surface area contributed by atoms with Crippen LogP contribution in [0.4, 0.5) is 5.69 Å². The fraction of sp³-hybridized carbons (Fsp3) is 0.467. The van der Waals surface area contributed by atoms with Crippen molar-refractivity contribution in [2.75, 3.05) is 24.5 Å². The minimum absolute atomic E-state index is 0.330. The van der Waals surface area contributed by atoms with Gasteiger partial charge in [0.05, 0.1) is 10.7 Å². The first-order valence-electron chi connectivity index (χ1n) is 6.52. The molecule has 0 aliphatic carbocycles. The summed E-state index contributed by atoms with van der Waals surface area (Å²) in [5.41, 5.74) is 2.30. The molecule has 0 radical (unpaired) electrons. The van der Waals surface area contributed by atoms with Crippen LogP contribution in [-0.2, 0) is 0 Å². The number of hydrogen-bond acceptors (Lipinski definition) is 2. The molecule has 1 rings (SSSR count). The molecule has 3 heteroatoms. The Bertz CT molecular complexity index is 390. The third kappa shape index (κ3) is 3.76. The van der Waals surface area contributed by atoms with Gasteiger partial charge in [-0.1, -0.05) is 30.7 Å². The highest BCUT2D eigenvalue weighted by atomic mass is 35.5. The Balaban J connectivity index is 2.94. The summed E-state index contributed by atoms with van der Waals surface area (Å²) in [6.45, 7) is 12.9. The molecule has 100 valence electrons. The SMILES string of the molecule is C=CCN(CC)c1ccc(C(C)NCC)cc1Cl. The van der Waals surface area contributed by atoms with E-state index in [4.69, 9.17) is 11.6 Å². The van der Waals surface area contributed by atoms with Crippen LogP contribution in [0, 0.1) is 0 Å². The molecule has 1 N–H and O–H groups in total. The molecule has 0 aromatic heterocycles. The third-order valence-corrected chi connectivity index (χ3v) is 3.36. The van der Waals surface area contributed by atoms with Crippen molar-refractivity contribution in [3.63, 3.8) is 0 Å². The van der Waals surface area contributed by atoms with Crippen molar-refractivity contribution in [1.29, 1.82) is 0 Å². The molecule has 0 heterocycles. The number of halogens is 1. The van der Waals surface area contributed by atoms with Gasteiger partial charge in [0.15, 0.2) is 0 Å². The lowest BCUT2D eigenvalue weighted by molar-refractivity contribution is 0.598. The van der Waals surface area contributed by atoms with Crippen LogP contribution in [0.2, 0.25) is 5.02 Å². The first kappa shape index (κ1) is 15.1. The Hall–Kier alpha value is -0.990. The standard InChI is InChI=1S/C15H23ClN2/c1-5-10-18(7-3)15-9-8-13(11-14(15)16)12(4)17-6-2/h5,8-9,11-12,17H,1,6-7,10H2,2-4H3. The lowest BCUT2D eigenvalue weighted by Gasteiger charge is -2.23. The molecule has 1 atom stereocenters. The molecule has 0 saturated carbocycles. The topological polar surface area (TPSA) is 15.3 Å². The van der Waals surface area contributed by atoms with E-state index in [2.05, 4.69) is 55.8 Å². The van der Waals surface area contributed by atoms with E-state index < -0.39 is 0 Å². The summed E-state index contributed by atoms with van der Waals surface area (Å²) >= 11 is 6.38. The van der Waals surface area contributed by atoms with Crippen molar-refractivity contribution in [1.82, 2.24) is 5.32 Å². The second-order valence-electron chi connectivity index (χ2n) is 4.32. The maximum atomic E-state index is 6.38. The molecular weight excluding hydrogens is 244 g/mol. The van der Waals surface area contributed by atoms with E-state index in [-0.39, 0.29) is 0 Å². The molecule has 0 saturated heterocycles. The number of nitrogens with one attached hydrogen (secondary N) is 1. The first-order chi connectivity index (χ1) is 8.63. The molecule has 2 nitrogen and oxygen atoms in total. The zero-order valence-electron chi connectivity index (χ0n) is 11.5. The molecule has 1 aromatic carbocycles. The van der Waals surface area contributed by atoms with E-state index in [9.17, 15) is 0 Å². The van der Waals surface area contributed by atoms with Gasteiger partial charge in [0.25, 0.3) is 0 Å². The molecule has 1 aromatic rings. The second-order valence-corrected chi connectivity index (χ2v) is 4.72. The van der Waals surface area contributed by atoms with Gasteiger partial charge in [-0.15, -0.1) is 6.58 Å². The van der Waals surface area contributed by atoms with E-state index >= 15 is 0 Å². The van der Waals surface area contributed by atoms with Crippen LogP contribution in [-0.4, -0.2) is 19.6 Å². The number of benzene rings is 1. The van der Waals surface area contributed by atoms with Gasteiger partial charge >= 0.3 is 0 Å². The molecule has 0 amide bonds. The van der Waals surface area contributed by atoms with E-state index in [1.54, 1.807) is 0 Å². The van der Waals surface area contributed by atoms with Crippen molar-refractivity contribution in [3.05, 3.63) is 41.4 Å². The zero-order chi connectivity index (χ0) is 13.5. The van der Waals surface area contributed by atoms with Gasteiger partial charge in [0, 0.05) is 19.1 Å². The van der Waals surface area contributed by atoms with Crippen LogP contribution >= 0.6 is 11.6 Å². The van der Waals surface area contributed by atoms with Gasteiger partial charge in [-0.25, -0.2) is 0 Å². The quantitative estimate of drug-likeness (QED) is 0.750. The minimum Gasteiger partial charge on any atom is -0.367 e. The molecule has 0 bridgehead atoms. The van der Waals surface area contributed by atoms with Crippen molar-refractivity contribution in [3.8, 4) is 0 Å². The van der Waals surface area contributed by atoms with Crippen LogP contribution in [0.5, 0.6) is 0 Å². The summed E-state index contributed by atoms with van der Waals surface area (Å²) < 4.78 is 0. The molecule has 0 aliphatic rings. The molecule has 0 aliphatic heterocycles. The largest absolute Gasteiger partial charge is 0.367 e. The molecule has 1 unspecified atom stereocenters. The third-order valence-electron chi connectivity index (χ3n) is 3.05. The Labute approximate surface area is 116 Å². The normalized spacial score (nSPS) is 12.2. The van der Waals surface area contributed by atoms with E-state index in [1.807, 2.05) is 6.08 Å². The highest BCUT2D eigenvalue weighted by Crippen LogP contribution is 2.28. The molecule has 0 fully saturated rings. The van der Waals surface area contributed by atoms with Gasteiger partial charge in [-0.3, -0.25) is 0 Å². The Morgan fingerprint density at radius 3 is 2.67 bits per heavy atom. The van der Waals surface area contributed by atoms with Gasteiger partial charge in [0.2, 0.25) is 0 Å². The monoisotopic (exact) mass is 266 g/mol. The van der Waals surface area contributed by atoms with Crippen LogP contribution < -0.4 is 10.2 Å². The minimum atomic E-state index is 0.330. The van der Waals surface area contributed by atoms with Crippen LogP contribution in [0.25, 0.3) is 0 Å². The molecular formula is C15H23ClN2. The highest BCUT2D eigenvalue weighted by molar-refractivity contribution is 6.33. The Morgan fingerprint density at radius 1 is 1.44 bits per heavy atom. The Morgan fingerprint density at radius 2 is 2.17 bits per heavy atom. The first-order valence-corrected chi connectivity index (χ1v) is 6.90. The summed E-state index contributed by atoms with van der Waals surface area (Å²) in [5.74, 6) is 0. The number of nitrogens with zero attached hydrogens (tertiary/aromatic N) is 1. The maximum Gasteiger partial charge on any atom is 0.0643 e. The van der Waals surface area contributed by atoms with Crippen LogP contribution in [0.15, 0.2) is 30.9 Å². The lowest BCUT2D eigenvalue weighted by Crippen LogP contribution is -2.23. The molecule has 0 spiro atoms. The van der Waals surface area contributed by atoms with Gasteiger partial charge in [0.1, 0.15) is 0 Å². The predicted octanol–water partition coefficient (Wildman–Crippen LogP) is 4.02. The highest BCUT2D eigenvalue weighted by Gasteiger charge is 2.10. The smallest absolute Gasteiger partial charge is 0.0643 e. The number of likely N-dealkylation sites (N-methyl/N-ethyl adjacent to an activating group) is 1. The maximum absolute atomic E-state index is 6.38. The van der Waals surface area contributed by atoms with Crippen molar-refractivity contribution >= 4 is 17.3 Å². The van der Waals surface area contributed by atoms with E-state index in [0.29, 0.717) is 6.04 Å². The zero-order valence-corrected chi connectivity index (χ0v) is 12.3. The Kier molecular flexibility index (Phi) is 6.23. The predicted molar refractivity (Wildman–Crippen MR) is 81.6 cm³/mol. The van der Waals surface area contributed by atoms with Crippen LogP contribution in [0.1, 0.15) is 32.4 Å². The fourth-order valence-electron chi connectivity index (χ4n) is 2.03. The summed E-state index contributed by atoms with van der Waals surface area (Å²) in [6, 6.07) is 6.62. The molecule has 18 heavy (non-hydrogen) atoms. The van der Waals surface area contributed by atoms with Gasteiger partial charge < -0.3 is 10.2 Å². The summed E-state index contributed by atoms with van der Waals surface area (Å²) in [6.07, 6.45) is 1.90. The second kappa shape index (κ2) is 7.45. The number of hydrogen-bond donors (Lipinski definition) is 1. The van der Waals surface area contributed by atoms with Gasteiger partial charge in [-0.2, -0.15) is 0 Å². The number of anilines is 1. The number of rotatable bonds is 7. The fourth-order valence-corrected chi connectivity index (χ4v) is 2.34.